The Morgan fingerprint density at radius 1 is 1.16 bits per heavy atom. The summed E-state index contributed by atoms with van der Waals surface area (Å²) in [5.74, 6) is -0.845. The van der Waals surface area contributed by atoms with Crippen LogP contribution in [0.2, 0.25) is 0 Å². The van der Waals surface area contributed by atoms with Gasteiger partial charge >= 0.3 is 5.97 Å². The van der Waals surface area contributed by atoms with E-state index in [1.807, 2.05) is 31.2 Å². The van der Waals surface area contributed by atoms with E-state index >= 15 is 0 Å². The first-order chi connectivity index (χ1) is 9.07. The van der Waals surface area contributed by atoms with E-state index < -0.39 is 11.4 Å². The Hall–Kier alpha value is -2.20. The summed E-state index contributed by atoms with van der Waals surface area (Å²) in [6.45, 7) is 1.88. The van der Waals surface area contributed by atoms with Crippen LogP contribution in [0.4, 0.5) is 0 Å². The summed E-state index contributed by atoms with van der Waals surface area (Å²) in [7, 11) is 0. The molecule has 19 heavy (non-hydrogen) atoms. The molecule has 1 aromatic carbocycles. The number of rotatable bonds is 3. The normalized spacial score (nSPS) is 21.2. The molecule has 1 aliphatic carbocycles. The zero-order chi connectivity index (χ0) is 13.9. The van der Waals surface area contributed by atoms with Crippen molar-refractivity contribution in [3.8, 4) is 0 Å². The lowest BCUT2D eigenvalue weighted by Gasteiger charge is -2.24. The topological polar surface area (TPSA) is 63.6 Å². The molecule has 4 nitrogen and oxygen atoms in total. The van der Waals surface area contributed by atoms with E-state index in [4.69, 9.17) is 5.26 Å². The number of Topliss-reactive ketones (excluding diaryl/α,β-unsaturated/α-hetero) is 1. The van der Waals surface area contributed by atoms with Gasteiger partial charge in [0, 0.05) is 5.56 Å². The monoisotopic (exact) mass is 258 g/mol. The molecule has 0 heterocycles. The van der Waals surface area contributed by atoms with E-state index in [9.17, 15) is 9.59 Å². The third-order valence-corrected chi connectivity index (χ3v) is 3.24. The van der Waals surface area contributed by atoms with E-state index in [-0.39, 0.29) is 11.3 Å². The third kappa shape index (κ3) is 2.63. The van der Waals surface area contributed by atoms with Gasteiger partial charge in [-0.3, -0.25) is 9.68 Å². The van der Waals surface area contributed by atoms with E-state index in [0.717, 1.165) is 0 Å². The van der Waals surface area contributed by atoms with E-state index in [1.165, 1.54) is 12.1 Å². The van der Waals surface area contributed by atoms with Crippen LogP contribution in [0.1, 0.15) is 34.1 Å². The number of benzene rings is 1. The minimum absolute atomic E-state index is 0.00276. The maximum Gasteiger partial charge on any atom is 0.372 e. The van der Waals surface area contributed by atoms with Gasteiger partial charge in [-0.2, -0.15) is 5.26 Å². The van der Waals surface area contributed by atoms with Crippen molar-refractivity contribution >= 4 is 11.8 Å². The Balaban J connectivity index is 2.23. The summed E-state index contributed by atoms with van der Waals surface area (Å²) in [6.07, 6.45) is 8.26. The Morgan fingerprint density at radius 3 is 2.32 bits per heavy atom. The van der Waals surface area contributed by atoms with Crippen molar-refractivity contribution in [3.05, 3.63) is 59.7 Å². The largest absolute Gasteiger partial charge is 0.372 e. The van der Waals surface area contributed by atoms with Crippen LogP contribution < -0.4 is 0 Å². The highest BCUT2D eigenvalue weighted by molar-refractivity contribution is 6.02. The number of carbonyl (C=O) groups is 2. The van der Waals surface area contributed by atoms with Crippen molar-refractivity contribution in [1.82, 2.24) is 0 Å². The summed E-state index contributed by atoms with van der Waals surface area (Å²) >= 11 is 0. The van der Waals surface area contributed by atoms with Gasteiger partial charge < -0.3 is 0 Å². The molecular formula is C15H14O4. The van der Waals surface area contributed by atoms with Gasteiger partial charge in [-0.25, -0.2) is 4.79 Å². The number of allylic oxidation sites excluding steroid dienone is 4. The van der Waals surface area contributed by atoms with Gasteiger partial charge in [0.25, 0.3) is 0 Å². The molecule has 1 atom stereocenters. The maximum atomic E-state index is 12.4. The fourth-order valence-electron chi connectivity index (χ4n) is 2.04. The summed E-state index contributed by atoms with van der Waals surface area (Å²) in [6, 6.07) is 6.03. The lowest BCUT2D eigenvalue weighted by Crippen LogP contribution is -2.26. The van der Waals surface area contributed by atoms with Gasteiger partial charge in [-0.05, 0) is 25.5 Å². The van der Waals surface area contributed by atoms with Crippen molar-refractivity contribution in [2.24, 2.45) is 5.41 Å². The lowest BCUT2D eigenvalue weighted by atomic mass is 9.77. The molecule has 0 saturated carbocycles. The van der Waals surface area contributed by atoms with Crippen LogP contribution >= 0.6 is 0 Å². The Kier molecular flexibility index (Phi) is 3.62. The first kappa shape index (κ1) is 13.2. The Labute approximate surface area is 110 Å². The molecule has 1 unspecified atom stereocenters. The van der Waals surface area contributed by atoms with E-state index in [0.29, 0.717) is 12.0 Å². The quantitative estimate of drug-likeness (QED) is 0.514. The second-order valence-electron chi connectivity index (χ2n) is 4.69. The van der Waals surface area contributed by atoms with Crippen molar-refractivity contribution in [2.45, 2.75) is 13.3 Å². The SMILES string of the molecule is CC1(C(=O)c2ccc(C(=O)OO)cc2)C=CC=CC1. The summed E-state index contributed by atoms with van der Waals surface area (Å²) in [5, 5.41) is 8.28. The summed E-state index contributed by atoms with van der Waals surface area (Å²) in [4.78, 5) is 27.1. The van der Waals surface area contributed by atoms with E-state index in [1.54, 1.807) is 12.1 Å². The molecule has 1 aromatic rings. The van der Waals surface area contributed by atoms with Gasteiger partial charge in [-0.1, -0.05) is 36.4 Å². The summed E-state index contributed by atoms with van der Waals surface area (Å²) < 4.78 is 0. The van der Waals surface area contributed by atoms with Crippen LogP contribution in [0.25, 0.3) is 0 Å². The number of carbonyl (C=O) groups excluding carboxylic acids is 2. The van der Waals surface area contributed by atoms with Gasteiger partial charge in [0.2, 0.25) is 0 Å². The standard InChI is InChI=1S/C15H14O4/c1-15(9-3-2-4-10-15)13(16)11-5-7-12(8-6-11)14(17)19-18/h2-9,18H,10H2,1H3. The van der Waals surface area contributed by atoms with Crippen molar-refractivity contribution in [3.63, 3.8) is 0 Å². The number of hydrogen-bond donors (Lipinski definition) is 1. The van der Waals surface area contributed by atoms with Gasteiger partial charge in [0.05, 0.1) is 11.0 Å². The molecule has 0 aliphatic heterocycles. The lowest BCUT2D eigenvalue weighted by molar-refractivity contribution is -0.182. The third-order valence-electron chi connectivity index (χ3n) is 3.24. The fraction of sp³-hybridized carbons (Fsp3) is 0.200. The predicted octanol–water partition coefficient (Wildman–Crippen LogP) is 3.02. The second kappa shape index (κ2) is 5.20. The van der Waals surface area contributed by atoms with Crippen molar-refractivity contribution < 1.29 is 19.7 Å². The molecule has 1 aliphatic rings. The zero-order valence-electron chi connectivity index (χ0n) is 10.5. The zero-order valence-corrected chi connectivity index (χ0v) is 10.5. The fourth-order valence-corrected chi connectivity index (χ4v) is 2.04. The van der Waals surface area contributed by atoms with Gasteiger partial charge in [0.1, 0.15) is 0 Å². The molecule has 0 saturated heterocycles. The number of hydrogen-bond acceptors (Lipinski definition) is 4. The Bertz CT molecular complexity index is 554. The number of ketones is 1. The van der Waals surface area contributed by atoms with Crippen molar-refractivity contribution in [2.75, 3.05) is 0 Å². The highest BCUT2D eigenvalue weighted by Gasteiger charge is 2.30. The highest BCUT2D eigenvalue weighted by atomic mass is 17.1. The second-order valence-corrected chi connectivity index (χ2v) is 4.69. The smallest absolute Gasteiger partial charge is 0.296 e. The molecule has 4 heteroatoms. The highest BCUT2D eigenvalue weighted by Crippen LogP contribution is 2.31. The molecular weight excluding hydrogens is 244 g/mol. The molecule has 0 aromatic heterocycles. The average molecular weight is 258 g/mol. The Morgan fingerprint density at radius 2 is 1.79 bits per heavy atom. The van der Waals surface area contributed by atoms with E-state index in [2.05, 4.69) is 4.89 Å². The molecule has 98 valence electrons. The first-order valence-electron chi connectivity index (χ1n) is 5.92. The van der Waals surface area contributed by atoms with Crippen LogP contribution in [0.5, 0.6) is 0 Å². The van der Waals surface area contributed by atoms with Gasteiger partial charge in [-0.15, -0.1) is 0 Å². The summed E-state index contributed by atoms with van der Waals surface area (Å²) in [5.41, 5.74) is 0.175. The van der Waals surface area contributed by atoms with Crippen LogP contribution in [0.3, 0.4) is 0 Å². The predicted molar refractivity (Wildman–Crippen MR) is 69.8 cm³/mol. The van der Waals surface area contributed by atoms with Crippen molar-refractivity contribution in [1.29, 1.82) is 0 Å². The minimum Gasteiger partial charge on any atom is -0.296 e. The molecule has 0 bridgehead atoms. The molecule has 2 rings (SSSR count). The van der Waals surface area contributed by atoms with Gasteiger partial charge in [0.15, 0.2) is 5.78 Å². The van der Waals surface area contributed by atoms with Crippen LogP contribution in [-0.2, 0) is 4.89 Å². The minimum atomic E-state index is -0.842. The maximum absolute atomic E-state index is 12.4. The molecule has 0 spiro atoms. The first-order valence-corrected chi connectivity index (χ1v) is 5.92. The molecule has 1 N–H and O–H groups in total. The average Bonchev–Trinajstić information content (AvgIpc) is 2.46. The molecule has 0 fully saturated rings. The van der Waals surface area contributed by atoms with Crippen LogP contribution in [0.15, 0.2) is 48.6 Å². The molecule has 0 amide bonds. The molecule has 0 radical (unpaired) electrons. The van der Waals surface area contributed by atoms with Crippen LogP contribution in [0, 0.1) is 5.41 Å². The van der Waals surface area contributed by atoms with Crippen LogP contribution in [-0.4, -0.2) is 17.0 Å².